The molecule has 0 saturated carbocycles. The molecule has 4 N–H and O–H groups in total. The predicted molar refractivity (Wildman–Crippen MR) is 304 cm³/mol. The minimum Gasteiger partial charge on any atom is -0.391 e. The van der Waals surface area contributed by atoms with Gasteiger partial charge in [0, 0.05) is 82.2 Å². The zero-order chi connectivity index (χ0) is 53.9. The molecule has 76 heavy (non-hydrogen) atoms. The summed E-state index contributed by atoms with van der Waals surface area (Å²) in [6.07, 6.45) is 8.25. The number of hydrogen-bond acceptors (Lipinski definition) is 11. The smallest absolute Gasteiger partial charge is 0.246 e. The number of aliphatic hydroxyl groups is 1. The van der Waals surface area contributed by atoms with E-state index < -0.39 is 23.6 Å². The van der Waals surface area contributed by atoms with Gasteiger partial charge in [0.15, 0.2) is 0 Å². The number of likely N-dealkylation sites (tertiary alicyclic amines) is 1. The van der Waals surface area contributed by atoms with Crippen LogP contribution in [-0.2, 0) is 20.9 Å². The number of amides is 3. The lowest BCUT2D eigenvalue weighted by Crippen LogP contribution is -2.71. The van der Waals surface area contributed by atoms with Gasteiger partial charge < -0.3 is 40.3 Å². The minimum atomic E-state index is -0.842. The first-order valence-corrected chi connectivity index (χ1v) is 29.1. The number of hydrogen-bond donors (Lipinski definition) is 4. The highest BCUT2D eigenvalue weighted by atomic mass is 35.5. The fourth-order valence-electron chi connectivity index (χ4n) is 11.9. The highest BCUT2D eigenvalue weighted by molar-refractivity contribution is 7.13. The normalized spacial score (nSPS) is 19.5. The van der Waals surface area contributed by atoms with Gasteiger partial charge in [-0.2, -0.15) is 0 Å². The Morgan fingerprint density at radius 3 is 2.17 bits per heavy atom. The molecule has 0 bridgehead atoms. The summed E-state index contributed by atoms with van der Waals surface area (Å²) in [6.45, 7) is 22.9. The standard InChI is InChI=1S/C59H80ClFN10O4S/c1-38-26-42(27-39(2)51(38)61)31-71-48-29-45(60)28-47(52(48)66-57(71)69-35-59(36-69)33-62-34-59)68-24-22-67(23-25-68)21-15-13-11-9-8-10-12-14-16-50(73)65-54(58(5,6)7)56(75)70-32-46(72)30-49(70)55(74)64-40(3)43-17-19-44(20-18-43)53-41(4)63-37-76-53/h17-20,26-29,37,40,46,49,54,62,72H,8-16,21-25,30-36H2,1-7H3,(H,64,74)(H,65,73). The van der Waals surface area contributed by atoms with Crippen LogP contribution in [0.25, 0.3) is 21.5 Å². The van der Waals surface area contributed by atoms with E-state index in [2.05, 4.69) is 46.3 Å². The molecule has 4 atom stereocenters. The Hall–Kier alpha value is -5.13. The molecule has 3 aromatic carbocycles. The molecule has 17 heteroatoms. The molecule has 14 nitrogen and oxygen atoms in total. The summed E-state index contributed by atoms with van der Waals surface area (Å²) in [7, 11) is 0. The van der Waals surface area contributed by atoms with Gasteiger partial charge >= 0.3 is 0 Å². The van der Waals surface area contributed by atoms with E-state index in [0.29, 0.717) is 34.5 Å². The number of rotatable bonds is 21. The first kappa shape index (κ1) is 55.6. The number of piperazine rings is 1. The van der Waals surface area contributed by atoms with Crippen LogP contribution in [0.4, 0.5) is 16.0 Å². The maximum absolute atomic E-state index is 14.7. The van der Waals surface area contributed by atoms with Gasteiger partial charge in [-0.25, -0.2) is 14.4 Å². The number of aromatic nitrogens is 3. The number of aryl methyl sites for hydroxylation is 3. The number of carbonyl (C=O) groups excluding carboxylic acids is 3. The zero-order valence-electron chi connectivity index (χ0n) is 45.8. The molecular formula is C59H80ClFN10O4S. The van der Waals surface area contributed by atoms with Crippen molar-refractivity contribution >= 4 is 63.3 Å². The molecule has 0 radical (unpaired) electrons. The van der Waals surface area contributed by atoms with Crippen LogP contribution in [0.3, 0.4) is 0 Å². The zero-order valence-corrected chi connectivity index (χ0v) is 47.4. The summed E-state index contributed by atoms with van der Waals surface area (Å²) < 4.78 is 17.0. The van der Waals surface area contributed by atoms with Crippen molar-refractivity contribution in [2.75, 3.05) is 75.2 Å². The first-order chi connectivity index (χ1) is 36.4. The summed E-state index contributed by atoms with van der Waals surface area (Å²) in [4.78, 5) is 60.9. The number of aliphatic hydroxyl groups excluding tert-OH is 1. The SMILES string of the molecule is Cc1cc(Cn2c(N3CC4(CNC4)C3)nc3c(N4CCN(CCCCCCCCCCC(=O)NC(C(=O)N5CC(O)CC5C(=O)NC(C)c5ccc(-c6scnc6C)cc5)C(C)(C)C)CC4)cc(Cl)cc32)cc(C)c1F. The quantitative estimate of drug-likeness (QED) is 0.0524. The van der Waals surface area contributed by atoms with Gasteiger partial charge in [0.2, 0.25) is 23.7 Å². The number of unbranched alkanes of at least 4 members (excludes halogenated alkanes) is 7. The van der Waals surface area contributed by atoms with Gasteiger partial charge in [-0.1, -0.05) is 107 Å². The third-order valence-electron chi connectivity index (χ3n) is 16.4. The number of benzene rings is 3. The van der Waals surface area contributed by atoms with Crippen molar-refractivity contribution in [1.29, 1.82) is 0 Å². The Bertz CT molecular complexity index is 2820. The third kappa shape index (κ3) is 12.7. The number of fused-ring (bicyclic) bond motifs is 1. The number of β-amino-alcohol motifs (C(OH)–C–C–N with tert-alkyl or cyclic N) is 1. The number of thiazole rings is 1. The summed E-state index contributed by atoms with van der Waals surface area (Å²) in [6, 6.07) is 14.1. The molecule has 3 amide bonds. The van der Waals surface area contributed by atoms with Crippen molar-refractivity contribution in [2.24, 2.45) is 10.8 Å². The second-order valence-corrected chi connectivity index (χ2v) is 24.9. The van der Waals surface area contributed by atoms with Gasteiger partial charge in [-0.3, -0.25) is 19.3 Å². The van der Waals surface area contributed by atoms with Crippen LogP contribution in [0.2, 0.25) is 5.02 Å². The Kier molecular flexibility index (Phi) is 17.5. The molecule has 410 valence electrons. The van der Waals surface area contributed by atoms with Crippen LogP contribution in [0, 0.1) is 37.4 Å². The average molecular weight is 1080 g/mol. The maximum Gasteiger partial charge on any atom is 0.246 e. The van der Waals surface area contributed by atoms with Crippen LogP contribution in [0.1, 0.15) is 126 Å². The van der Waals surface area contributed by atoms with Crippen molar-refractivity contribution in [3.8, 4) is 10.4 Å². The molecule has 5 aromatic rings. The second kappa shape index (κ2) is 23.9. The van der Waals surface area contributed by atoms with E-state index in [1.54, 1.807) is 11.3 Å². The highest BCUT2D eigenvalue weighted by Gasteiger charge is 2.49. The lowest BCUT2D eigenvalue weighted by molar-refractivity contribution is -0.144. The van der Waals surface area contributed by atoms with Crippen LogP contribution < -0.4 is 25.8 Å². The third-order valence-corrected chi connectivity index (χ3v) is 17.5. The van der Waals surface area contributed by atoms with Gasteiger partial charge in [0.25, 0.3) is 0 Å². The molecular weight excluding hydrogens is 999 g/mol. The predicted octanol–water partition coefficient (Wildman–Crippen LogP) is 9.34. The van der Waals surface area contributed by atoms with Crippen LogP contribution in [0.5, 0.6) is 0 Å². The largest absolute Gasteiger partial charge is 0.391 e. The number of imidazole rings is 1. The molecule has 2 aromatic heterocycles. The summed E-state index contributed by atoms with van der Waals surface area (Å²) in [5, 5.41) is 20.9. The van der Waals surface area contributed by atoms with E-state index in [9.17, 15) is 23.9 Å². The van der Waals surface area contributed by atoms with E-state index in [1.807, 2.05) is 96.4 Å². The topological polar surface area (TPSA) is 151 Å². The maximum atomic E-state index is 14.7. The van der Waals surface area contributed by atoms with Gasteiger partial charge in [0.05, 0.1) is 46.0 Å². The van der Waals surface area contributed by atoms with Crippen LogP contribution >= 0.6 is 22.9 Å². The monoisotopic (exact) mass is 1080 g/mol. The molecule has 1 spiro atoms. The fourth-order valence-corrected chi connectivity index (χ4v) is 12.9. The van der Waals surface area contributed by atoms with E-state index in [4.69, 9.17) is 16.6 Å². The van der Waals surface area contributed by atoms with Gasteiger partial charge in [-0.05, 0) is 92.4 Å². The van der Waals surface area contributed by atoms with E-state index >= 15 is 0 Å². The molecule has 6 heterocycles. The summed E-state index contributed by atoms with van der Waals surface area (Å²) >= 11 is 8.49. The number of carbonyl (C=O) groups is 3. The Morgan fingerprint density at radius 1 is 0.895 bits per heavy atom. The Labute approximate surface area is 458 Å². The van der Waals surface area contributed by atoms with E-state index in [1.165, 1.54) is 30.6 Å². The van der Waals surface area contributed by atoms with Gasteiger partial charge in [0.1, 0.15) is 23.4 Å². The molecule has 4 aliphatic rings. The molecule has 0 aliphatic carbocycles. The molecule has 4 saturated heterocycles. The molecule has 4 aliphatic heterocycles. The number of halogens is 2. The van der Waals surface area contributed by atoms with E-state index in [0.717, 1.165) is 135 Å². The molecule has 4 unspecified atom stereocenters. The number of nitrogens with one attached hydrogen (secondary N) is 3. The van der Waals surface area contributed by atoms with E-state index in [-0.39, 0.29) is 42.5 Å². The summed E-state index contributed by atoms with van der Waals surface area (Å²) in [5.74, 6) is -0.0217. The lowest BCUT2D eigenvalue weighted by atomic mass is 9.75. The van der Waals surface area contributed by atoms with Gasteiger partial charge in [-0.15, -0.1) is 11.3 Å². The molecule has 9 rings (SSSR count). The first-order valence-electron chi connectivity index (χ1n) is 27.8. The van der Waals surface area contributed by atoms with Crippen molar-refractivity contribution in [3.05, 3.63) is 92.8 Å². The number of anilines is 2. The Balaban J connectivity index is 0.677. The molecule has 4 fully saturated rings. The number of nitrogens with zero attached hydrogens (tertiary/aromatic N) is 7. The average Bonchev–Trinajstić information content (AvgIpc) is 4.12. The van der Waals surface area contributed by atoms with Crippen LogP contribution in [0.15, 0.2) is 54.0 Å². The van der Waals surface area contributed by atoms with Crippen molar-refractivity contribution in [1.82, 2.24) is 40.3 Å². The highest BCUT2D eigenvalue weighted by Crippen LogP contribution is 2.41. The van der Waals surface area contributed by atoms with Crippen molar-refractivity contribution < 1.29 is 23.9 Å². The Morgan fingerprint density at radius 2 is 1.55 bits per heavy atom. The summed E-state index contributed by atoms with van der Waals surface area (Å²) in [5.41, 5.74) is 9.98. The lowest BCUT2D eigenvalue weighted by Gasteiger charge is -2.56. The minimum absolute atomic E-state index is 0.0391. The van der Waals surface area contributed by atoms with Crippen LogP contribution in [-0.4, -0.2) is 131 Å². The fraction of sp³-hybridized carbons (Fsp3) is 0.576. The second-order valence-electron chi connectivity index (χ2n) is 23.6. The van der Waals surface area contributed by atoms with Crippen molar-refractivity contribution in [2.45, 2.75) is 143 Å². The van der Waals surface area contributed by atoms with Crippen molar-refractivity contribution in [3.63, 3.8) is 0 Å².